The van der Waals surface area contributed by atoms with Gasteiger partial charge < -0.3 is 25.1 Å². The molecule has 2 N–H and O–H groups in total. The molecular weight excluding hydrogens is 532 g/mol. The second kappa shape index (κ2) is 14.3. The molecule has 4 rings (SSSR count). The second-order valence-electron chi connectivity index (χ2n) is 11.7. The lowest BCUT2D eigenvalue weighted by molar-refractivity contribution is -0.0262. The van der Waals surface area contributed by atoms with Gasteiger partial charge in [0.05, 0.1) is 5.60 Å². The normalized spacial score (nSPS) is 15.6. The quantitative estimate of drug-likeness (QED) is 0.295. The minimum Gasteiger partial charge on any atom is -0.385 e. The molecule has 7 heteroatoms. The summed E-state index contributed by atoms with van der Waals surface area (Å²) in [7, 11) is 5.89. The van der Waals surface area contributed by atoms with E-state index in [0.717, 1.165) is 44.6 Å². The van der Waals surface area contributed by atoms with Crippen LogP contribution in [0.2, 0.25) is 5.02 Å². The zero-order valence-corrected chi connectivity index (χ0v) is 25.5. The van der Waals surface area contributed by atoms with Gasteiger partial charge in [0.25, 0.3) is 0 Å². The standard InChI is InChI=1S/C34H45ClN4O2/c1-37(2)25-26-38(3)32(40)36-27-33(28-11-6-4-7-12-28,29-13-8-5-9-14-29)19-10-22-39-23-20-34(41,21-24-39)30-15-17-31(35)18-16-30/h4-9,11-18,41H,10,19-27H2,1-3H3,(H,36,40). The molecule has 1 saturated heterocycles. The third kappa shape index (κ3) is 8.10. The molecular formula is C34H45ClN4O2. The highest BCUT2D eigenvalue weighted by Crippen LogP contribution is 2.38. The highest BCUT2D eigenvalue weighted by Gasteiger charge is 2.36. The third-order valence-electron chi connectivity index (χ3n) is 8.57. The Balaban J connectivity index is 1.46. The summed E-state index contributed by atoms with van der Waals surface area (Å²) in [5, 5.41) is 15.3. The zero-order chi connectivity index (χ0) is 29.3. The number of hydrogen-bond donors (Lipinski definition) is 2. The lowest BCUT2D eigenvalue weighted by atomic mass is 9.71. The number of nitrogens with zero attached hydrogens (tertiary/aromatic N) is 3. The minimum atomic E-state index is -0.804. The molecule has 0 aromatic heterocycles. The van der Waals surface area contributed by atoms with E-state index in [1.54, 1.807) is 4.90 Å². The van der Waals surface area contributed by atoms with Crippen LogP contribution in [-0.4, -0.2) is 86.2 Å². The van der Waals surface area contributed by atoms with Gasteiger partial charge >= 0.3 is 6.03 Å². The van der Waals surface area contributed by atoms with E-state index >= 15 is 0 Å². The van der Waals surface area contributed by atoms with Gasteiger partial charge in [-0.05, 0) is 75.1 Å². The van der Waals surface area contributed by atoms with Gasteiger partial charge in [-0.15, -0.1) is 0 Å². The predicted octanol–water partition coefficient (Wildman–Crippen LogP) is 5.59. The minimum absolute atomic E-state index is 0.0550. The van der Waals surface area contributed by atoms with Gasteiger partial charge in [0, 0.05) is 50.2 Å². The molecule has 0 spiro atoms. The summed E-state index contributed by atoms with van der Waals surface area (Å²) in [5.74, 6) is 0. The fraction of sp³-hybridized carbons (Fsp3) is 0.441. The summed E-state index contributed by atoms with van der Waals surface area (Å²) in [6.45, 7) is 4.62. The van der Waals surface area contributed by atoms with Crippen molar-refractivity contribution in [3.05, 3.63) is 107 Å². The van der Waals surface area contributed by atoms with Gasteiger partial charge in [-0.25, -0.2) is 4.79 Å². The first-order valence-electron chi connectivity index (χ1n) is 14.7. The van der Waals surface area contributed by atoms with Crippen molar-refractivity contribution >= 4 is 17.6 Å². The average Bonchev–Trinajstić information content (AvgIpc) is 2.99. The highest BCUT2D eigenvalue weighted by atomic mass is 35.5. The molecule has 0 bridgehead atoms. The van der Waals surface area contributed by atoms with Gasteiger partial charge in [0.1, 0.15) is 0 Å². The molecule has 2 amide bonds. The van der Waals surface area contributed by atoms with E-state index in [4.69, 9.17) is 11.6 Å². The third-order valence-corrected chi connectivity index (χ3v) is 8.82. The summed E-state index contributed by atoms with van der Waals surface area (Å²) in [6, 6.07) is 28.7. The van der Waals surface area contributed by atoms with Crippen molar-refractivity contribution in [1.82, 2.24) is 20.0 Å². The van der Waals surface area contributed by atoms with Gasteiger partial charge in [-0.3, -0.25) is 0 Å². The van der Waals surface area contributed by atoms with Crippen molar-refractivity contribution in [2.75, 3.05) is 60.4 Å². The SMILES string of the molecule is CN(C)CCN(C)C(=O)NCC(CCCN1CCC(O)(c2ccc(Cl)cc2)CC1)(c1ccccc1)c1ccccc1. The average molecular weight is 577 g/mol. The molecule has 0 aliphatic carbocycles. The van der Waals surface area contributed by atoms with Crippen LogP contribution in [0.4, 0.5) is 4.79 Å². The number of rotatable bonds is 12. The second-order valence-corrected chi connectivity index (χ2v) is 12.1. The van der Waals surface area contributed by atoms with Crippen LogP contribution < -0.4 is 5.32 Å². The molecule has 220 valence electrons. The number of likely N-dealkylation sites (N-methyl/N-ethyl adjacent to an activating group) is 2. The van der Waals surface area contributed by atoms with Crippen LogP contribution >= 0.6 is 11.6 Å². The number of amides is 2. The Labute approximate surface area is 250 Å². The smallest absolute Gasteiger partial charge is 0.317 e. The number of urea groups is 1. The van der Waals surface area contributed by atoms with Crippen molar-refractivity contribution in [3.63, 3.8) is 0 Å². The van der Waals surface area contributed by atoms with E-state index in [0.29, 0.717) is 31.0 Å². The van der Waals surface area contributed by atoms with Crippen LogP contribution in [-0.2, 0) is 11.0 Å². The fourth-order valence-electron chi connectivity index (χ4n) is 5.88. The molecule has 3 aromatic carbocycles. The molecule has 0 unspecified atom stereocenters. The summed E-state index contributed by atoms with van der Waals surface area (Å²) < 4.78 is 0. The van der Waals surface area contributed by atoms with Gasteiger partial charge in [-0.2, -0.15) is 0 Å². The van der Waals surface area contributed by atoms with Crippen molar-refractivity contribution in [2.24, 2.45) is 0 Å². The summed E-state index contributed by atoms with van der Waals surface area (Å²) >= 11 is 6.07. The maximum absolute atomic E-state index is 13.1. The highest BCUT2D eigenvalue weighted by molar-refractivity contribution is 6.30. The first kappa shape index (κ1) is 31.0. The first-order valence-corrected chi connectivity index (χ1v) is 15.1. The van der Waals surface area contributed by atoms with Crippen LogP contribution in [0.25, 0.3) is 0 Å². The monoisotopic (exact) mass is 576 g/mol. The van der Waals surface area contributed by atoms with Crippen LogP contribution in [0.1, 0.15) is 42.4 Å². The largest absolute Gasteiger partial charge is 0.385 e. The maximum atomic E-state index is 13.1. The Morgan fingerprint density at radius 2 is 1.46 bits per heavy atom. The maximum Gasteiger partial charge on any atom is 0.317 e. The van der Waals surface area contributed by atoms with Crippen LogP contribution in [0.15, 0.2) is 84.9 Å². The Morgan fingerprint density at radius 3 is 2.00 bits per heavy atom. The number of hydrogen-bond acceptors (Lipinski definition) is 4. The number of nitrogens with one attached hydrogen (secondary N) is 1. The lowest BCUT2D eigenvalue weighted by Gasteiger charge is -2.40. The first-order chi connectivity index (χ1) is 19.7. The molecule has 0 saturated carbocycles. The van der Waals surface area contributed by atoms with E-state index in [1.165, 1.54) is 11.1 Å². The molecule has 1 aliphatic heterocycles. The summed E-state index contributed by atoms with van der Waals surface area (Å²) in [6.07, 6.45) is 3.26. The Morgan fingerprint density at radius 1 is 0.902 bits per heavy atom. The topological polar surface area (TPSA) is 59.0 Å². The van der Waals surface area contributed by atoms with E-state index in [1.807, 2.05) is 57.5 Å². The number of piperidine rings is 1. The molecule has 41 heavy (non-hydrogen) atoms. The molecule has 1 heterocycles. The van der Waals surface area contributed by atoms with Crippen LogP contribution in [0.3, 0.4) is 0 Å². The number of likely N-dealkylation sites (tertiary alicyclic amines) is 1. The predicted molar refractivity (Wildman–Crippen MR) is 169 cm³/mol. The van der Waals surface area contributed by atoms with Crippen molar-refractivity contribution < 1.29 is 9.90 Å². The van der Waals surface area contributed by atoms with E-state index in [2.05, 4.69) is 63.6 Å². The Bertz CT molecular complexity index is 1170. The van der Waals surface area contributed by atoms with Crippen molar-refractivity contribution in [3.8, 4) is 0 Å². The van der Waals surface area contributed by atoms with Crippen molar-refractivity contribution in [2.45, 2.75) is 36.7 Å². The van der Waals surface area contributed by atoms with E-state index in [9.17, 15) is 9.90 Å². The number of carbonyl (C=O) groups excluding carboxylic acids is 1. The Kier molecular flexibility index (Phi) is 10.8. The van der Waals surface area contributed by atoms with Crippen molar-refractivity contribution in [1.29, 1.82) is 0 Å². The molecule has 3 aromatic rings. The molecule has 6 nitrogen and oxygen atoms in total. The van der Waals surface area contributed by atoms with Gasteiger partial charge in [0.15, 0.2) is 0 Å². The zero-order valence-electron chi connectivity index (χ0n) is 24.7. The lowest BCUT2D eigenvalue weighted by Crippen LogP contribution is -2.47. The number of benzene rings is 3. The summed E-state index contributed by atoms with van der Waals surface area (Å²) in [5.41, 5.74) is 2.19. The number of carbonyl (C=O) groups is 1. The molecule has 0 radical (unpaired) electrons. The molecule has 1 fully saturated rings. The summed E-state index contributed by atoms with van der Waals surface area (Å²) in [4.78, 5) is 19.4. The fourth-order valence-corrected chi connectivity index (χ4v) is 6.00. The van der Waals surface area contributed by atoms with Crippen LogP contribution in [0.5, 0.6) is 0 Å². The van der Waals surface area contributed by atoms with Crippen LogP contribution in [0, 0.1) is 0 Å². The molecule has 1 aliphatic rings. The molecule has 0 atom stereocenters. The van der Waals surface area contributed by atoms with Gasteiger partial charge in [0.2, 0.25) is 0 Å². The van der Waals surface area contributed by atoms with E-state index in [-0.39, 0.29) is 11.4 Å². The number of aliphatic hydroxyl groups is 1. The van der Waals surface area contributed by atoms with E-state index < -0.39 is 5.60 Å². The van der Waals surface area contributed by atoms with Gasteiger partial charge in [-0.1, -0.05) is 84.4 Å². The number of halogens is 1. The Hall–Kier alpha value is -2.90.